The Balaban J connectivity index is 2.49. The minimum atomic E-state index is -0.0890. The molecule has 0 aliphatic carbocycles. The second kappa shape index (κ2) is 9.79. The number of hydrogen-bond donors (Lipinski definition) is 0. The lowest BCUT2D eigenvalue weighted by Crippen LogP contribution is -2.10. The average molecular weight is 380 g/mol. The van der Waals surface area contributed by atoms with E-state index in [-0.39, 0.29) is 18.0 Å². The largest absolute Gasteiger partial charge is 0.490 e. The molecule has 0 aliphatic rings. The molecule has 0 aliphatic heterocycles. The fraction of sp³-hybridized carbons (Fsp3) is 0.292. The van der Waals surface area contributed by atoms with E-state index in [0.29, 0.717) is 34.1 Å². The molecule has 148 valence electrons. The molecule has 2 aromatic carbocycles. The molecule has 0 fully saturated rings. The third-order valence-electron chi connectivity index (χ3n) is 3.55. The van der Waals surface area contributed by atoms with Crippen LogP contribution in [0.5, 0.6) is 17.2 Å². The van der Waals surface area contributed by atoms with Gasteiger partial charge in [0.05, 0.1) is 23.5 Å². The topological polar surface area (TPSA) is 44.8 Å². The van der Waals surface area contributed by atoms with E-state index in [9.17, 15) is 4.79 Å². The van der Waals surface area contributed by atoms with Crippen LogP contribution in [-0.2, 0) is 0 Å². The van der Waals surface area contributed by atoms with E-state index < -0.39 is 0 Å². The summed E-state index contributed by atoms with van der Waals surface area (Å²) < 4.78 is 17.6. The Morgan fingerprint density at radius 3 is 1.96 bits per heavy atom. The van der Waals surface area contributed by atoms with Crippen LogP contribution in [0.25, 0.3) is 6.08 Å². The van der Waals surface area contributed by atoms with Crippen LogP contribution in [0.3, 0.4) is 0 Å². The second-order valence-corrected chi connectivity index (χ2v) is 7.03. The van der Waals surface area contributed by atoms with Gasteiger partial charge >= 0.3 is 0 Å². The van der Waals surface area contributed by atoms with Crippen LogP contribution < -0.4 is 14.2 Å². The van der Waals surface area contributed by atoms with E-state index in [1.54, 1.807) is 37.3 Å². The molecule has 0 aromatic heterocycles. The van der Waals surface area contributed by atoms with E-state index in [2.05, 4.69) is 6.58 Å². The Morgan fingerprint density at radius 2 is 1.50 bits per heavy atom. The van der Waals surface area contributed by atoms with Crippen LogP contribution in [0.4, 0.5) is 0 Å². The summed E-state index contributed by atoms with van der Waals surface area (Å²) in [4.78, 5) is 12.5. The molecule has 0 amide bonds. The SMILES string of the molecule is C=C(C)Oc1cc(OC(C)C)c(C=CC(=O)c2ccccc2)c(OC(C)C)c1. The third kappa shape index (κ3) is 6.31. The van der Waals surface area contributed by atoms with Crippen LogP contribution in [0.15, 0.2) is 60.9 Å². The molecule has 0 spiro atoms. The van der Waals surface area contributed by atoms with Crippen molar-refractivity contribution < 1.29 is 19.0 Å². The molecule has 0 N–H and O–H groups in total. The molecule has 0 saturated carbocycles. The van der Waals surface area contributed by atoms with Crippen molar-refractivity contribution in [3.63, 3.8) is 0 Å². The highest BCUT2D eigenvalue weighted by Gasteiger charge is 2.16. The molecule has 0 bridgehead atoms. The molecule has 4 heteroatoms. The van der Waals surface area contributed by atoms with Crippen LogP contribution in [0.2, 0.25) is 0 Å². The minimum Gasteiger partial charge on any atom is -0.490 e. The molecule has 28 heavy (non-hydrogen) atoms. The number of carbonyl (C=O) groups excluding carboxylic acids is 1. The highest BCUT2D eigenvalue weighted by atomic mass is 16.5. The first kappa shape index (κ1) is 21.3. The van der Waals surface area contributed by atoms with Crippen LogP contribution in [-0.4, -0.2) is 18.0 Å². The smallest absolute Gasteiger partial charge is 0.185 e. The molecule has 0 unspecified atom stereocenters. The van der Waals surface area contributed by atoms with E-state index in [4.69, 9.17) is 14.2 Å². The zero-order chi connectivity index (χ0) is 20.7. The van der Waals surface area contributed by atoms with Crippen molar-refractivity contribution in [2.75, 3.05) is 0 Å². The molecule has 2 aromatic rings. The number of hydrogen-bond acceptors (Lipinski definition) is 4. The number of benzene rings is 2. The summed E-state index contributed by atoms with van der Waals surface area (Å²) in [5.74, 6) is 2.22. The zero-order valence-electron chi connectivity index (χ0n) is 17.2. The maximum absolute atomic E-state index is 12.5. The van der Waals surface area contributed by atoms with Gasteiger partial charge in [-0.2, -0.15) is 0 Å². The van der Waals surface area contributed by atoms with Gasteiger partial charge in [0.1, 0.15) is 17.2 Å². The number of ketones is 1. The number of carbonyl (C=O) groups is 1. The highest BCUT2D eigenvalue weighted by Crippen LogP contribution is 2.37. The molecule has 0 saturated heterocycles. The zero-order valence-corrected chi connectivity index (χ0v) is 17.2. The van der Waals surface area contributed by atoms with Gasteiger partial charge in [-0.1, -0.05) is 36.9 Å². The van der Waals surface area contributed by atoms with Crippen molar-refractivity contribution in [1.82, 2.24) is 0 Å². The Bertz CT molecular complexity index is 817. The molecule has 0 atom stereocenters. The maximum Gasteiger partial charge on any atom is 0.185 e. The van der Waals surface area contributed by atoms with Gasteiger partial charge in [0.2, 0.25) is 0 Å². The normalized spacial score (nSPS) is 11.1. The summed E-state index contributed by atoms with van der Waals surface area (Å²) >= 11 is 0. The van der Waals surface area contributed by atoms with Crippen molar-refractivity contribution in [3.05, 3.63) is 72.0 Å². The van der Waals surface area contributed by atoms with Gasteiger partial charge in [-0.15, -0.1) is 0 Å². The van der Waals surface area contributed by atoms with Crippen molar-refractivity contribution in [3.8, 4) is 17.2 Å². The maximum atomic E-state index is 12.5. The number of rotatable bonds is 9. The van der Waals surface area contributed by atoms with Crippen LogP contribution in [0, 0.1) is 0 Å². The van der Waals surface area contributed by atoms with Gasteiger partial charge in [0.25, 0.3) is 0 Å². The van der Waals surface area contributed by atoms with Gasteiger partial charge < -0.3 is 14.2 Å². The summed E-state index contributed by atoms with van der Waals surface area (Å²) in [6.07, 6.45) is 3.16. The van der Waals surface area contributed by atoms with Crippen LogP contribution in [0.1, 0.15) is 50.5 Å². The third-order valence-corrected chi connectivity index (χ3v) is 3.55. The van der Waals surface area contributed by atoms with Gasteiger partial charge in [-0.25, -0.2) is 0 Å². The van der Waals surface area contributed by atoms with Gasteiger partial charge in [-0.05, 0) is 46.8 Å². The predicted octanol–water partition coefficient (Wildman–Crippen LogP) is 6.07. The monoisotopic (exact) mass is 380 g/mol. The molecule has 0 heterocycles. The summed E-state index contributed by atoms with van der Waals surface area (Å²) in [6, 6.07) is 12.7. The quantitative estimate of drug-likeness (QED) is 0.301. The Morgan fingerprint density at radius 1 is 0.964 bits per heavy atom. The molecule has 0 radical (unpaired) electrons. The summed E-state index contributed by atoms with van der Waals surface area (Å²) in [5, 5.41) is 0. The molecule has 2 rings (SSSR count). The molecular formula is C24H28O4. The fourth-order valence-electron chi connectivity index (χ4n) is 2.56. The minimum absolute atomic E-state index is 0.0519. The van der Waals surface area contributed by atoms with Crippen LogP contribution >= 0.6 is 0 Å². The second-order valence-electron chi connectivity index (χ2n) is 7.03. The standard InChI is InChI=1S/C24H28O4/c1-16(2)26-20-14-23(27-17(3)4)21(24(15-20)28-18(5)6)12-13-22(25)19-10-8-7-9-11-19/h7-15,17-18H,1H2,2-6H3. The summed E-state index contributed by atoms with van der Waals surface area (Å²) in [7, 11) is 0. The lowest BCUT2D eigenvalue weighted by atomic mass is 10.1. The first-order chi connectivity index (χ1) is 13.3. The number of ether oxygens (including phenoxy) is 3. The number of allylic oxidation sites excluding steroid dienone is 2. The fourth-order valence-corrected chi connectivity index (χ4v) is 2.56. The highest BCUT2D eigenvalue weighted by molar-refractivity contribution is 6.07. The first-order valence-corrected chi connectivity index (χ1v) is 9.38. The molecule has 4 nitrogen and oxygen atoms in total. The van der Waals surface area contributed by atoms with Gasteiger partial charge in [0.15, 0.2) is 5.78 Å². The van der Waals surface area contributed by atoms with Gasteiger partial charge in [-0.3, -0.25) is 4.79 Å². The van der Waals surface area contributed by atoms with Crippen molar-refractivity contribution in [2.45, 2.75) is 46.8 Å². The van der Waals surface area contributed by atoms with E-state index in [0.717, 1.165) is 0 Å². The predicted molar refractivity (Wildman–Crippen MR) is 113 cm³/mol. The first-order valence-electron chi connectivity index (χ1n) is 9.38. The summed E-state index contributed by atoms with van der Waals surface area (Å²) in [6.45, 7) is 13.3. The van der Waals surface area contributed by atoms with E-state index in [1.807, 2.05) is 45.9 Å². The van der Waals surface area contributed by atoms with Crippen molar-refractivity contribution in [1.29, 1.82) is 0 Å². The molecular weight excluding hydrogens is 352 g/mol. The van der Waals surface area contributed by atoms with Gasteiger partial charge in [0, 0.05) is 17.7 Å². The average Bonchev–Trinajstić information content (AvgIpc) is 2.60. The lowest BCUT2D eigenvalue weighted by molar-refractivity contribution is 0.104. The Hall–Kier alpha value is -3.01. The van der Waals surface area contributed by atoms with Crippen molar-refractivity contribution >= 4 is 11.9 Å². The summed E-state index contributed by atoms with van der Waals surface area (Å²) in [5.41, 5.74) is 1.32. The Labute approximate surface area is 167 Å². The lowest BCUT2D eigenvalue weighted by Gasteiger charge is -2.19. The van der Waals surface area contributed by atoms with E-state index in [1.165, 1.54) is 6.08 Å². The Kier molecular flexibility index (Phi) is 7.44. The van der Waals surface area contributed by atoms with E-state index >= 15 is 0 Å². The van der Waals surface area contributed by atoms with Crippen molar-refractivity contribution in [2.24, 2.45) is 0 Å².